The van der Waals surface area contributed by atoms with Gasteiger partial charge >= 0.3 is 5.97 Å². The van der Waals surface area contributed by atoms with Crippen molar-refractivity contribution in [3.8, 4) is 0 Å². The standard InChI is InChI=1S/C22H20N2O4/c1-15(25)23-19-8-10-20(11-9-19)24-21(26)14-28-22(27)13-16-6-7-17-4-2-3-5-18(17)12-16/h2-12H,13-14H2,1H3,(H,23,25)(H,24,26). The van der Waals surface area contributed by atoms with Crippen molar-refractivity contribution in [3.05, 3.63) is 72.3 Å². The molecule has 2 N–H and O–H groups in total. The van der Waals surface area contributed by atoms with Crippen molar-refractivity contribution >= 4 is 39.9 Å². The van der Waals surface area contributed by atoms with Gasteiger partial charge in [-0.25, -0.2) is 0 Å². The van der Waals surface area contributed by atoms with Gasteiger partial charge < -0.3 is 15.4 Å². The van der Waals surface area contributed by atoms with Gasteiger partial charge in [0, 0.05) is 18.3 Å². The summed E-state index contributed by atoms with van der Waals surface area (Å²) in [6, 6.07) is 20.3. The van der Waals surface area contributed by atoms with E-state index in [2.05, 4.69) is 10.6 Å². The fraction of sp³-hybridized carbons (Fsp3) is 0.136. The first kappa shape index (κ1) is 19.1. The van der Waals surface area contributed by atoms with Crippen LogP contribution in [-0.4, -0.2) is 24.4 Å². The van der Waals surface area contributed by atoms with Crippen molar-refractivity contribution < 1.29 is 19.1 Å². The van der Waals surface area contributed by atoms with Crippen LogP contribution in [0.1, 0.15) is 12.5 Å². The van der Waals surface area contributed by atoms with Crippen molar-refractivity contribution in [3.63, 3.8) is 0 Å². The number of ether oxygens (including phenoxy) is 1. The van der Waals surface area contributed by atoms with Crippen molar-refractivity contribution in [2.24, 2.45) is 0 Å². The molecule has 3 aromatic rings. The molecular formula is C22H20N2O4. The molecule has 0 atom stereocenters. The molecule has 0 unspecified atom stereocenters. The van der Waals surface area contributed by atoms with E-state index in [0.29, 0.717) is 11.4 Å². The molecule has 3 rings (SSSR count). The maximum Gasteiger partial charge on any atom is 0.310 e. The second-order valence-corrected chi connectivity index (χ2v) is 6.33. The quantitative estimate of drug-likeness (QED) is 0.645. The molecule has 0 saturated heterocycles. The van der Waals surface area contributed by atoms with Gasteiger partial charge in [-0.15, -0.1) is 0 Å². The van der Waals surface area contributed by atoms with Crippen LogP contribution >= 0.6 is 0 Å². The minimum atomic E-state index is -0.466. The van der Waals surface area contributed by atoms with Crippen LogP contribution in [0.2, 0.25) is 0 Å². The Hall–Kier alpha value is -3.67. The number of hydrogen-bond donors (Lipinski definition) is 2. The van der Waals surface area contributed by atoms with E-state index in [1.165, 1.54) is 6.92 Å². The summed E-state index contributed by atoms with van der Waals surface area (Å²) in [5.41, 5.74) is 2.01. The van der Waals surface area contributed by atoms with Gasteiger partial charge in [0.15, 0.2) is 6.61 Å². The third-order valence-electron chi connectivity index (χ3n) is 4.02. The van der Waals surface area contributed by atoms with E-state index >= 15 is 0 Å². The third kappa shape index (κ3) is 5.41. The molecule has 2 amide bonds. The zero-order valence-electron chi connectivity index (χ0n) is 15.4. The average molecular weight is 376 g/mol. The zero-order valence-corrected chi connectivity index (χ0v) is 15.4. The van der Waals surface area contributed by atoms with Crippen LogP contribution in [-0.2, 0) is 25.5 Å². The molecule has 0 aliphatic rings. The summed E-state index contributed by atoms with van der Waals surface area (Å²) in [4.78, 5) is 35.0. The van der Waals surface area contributed by atoms with E-state index in [0.717, 1.165) is 16.3 Å². The predicted octanol–water partition coefficient (Wildman–Crippen LogP) is 3.52. The van der Waals surface area contributed by atoms with Crippen molar-refractivity contribution in [1.82, 2.24) is 0 Å². The molecule has 0 saturated carbocycles. The van der Waals surface area contributed by atoms with Crippen LogP contribution < -0.4 is 10.6 Å². The zero-order chi connectivity index (χ0) is 19.9. The van der Waals surface area contributed by atoms with Gasteiger partial charge in [-0.3, -0.25) is 14.4 Å². The molecule has 0 aromatic heterocycles. The first-order valence-corrected chi connectivity index (χ1v) is 8.80. The molecule has 3 aromatic carbocycles. The van der Waals surface area contributed by atoms with E-state index in [1.807, 2.05) is 42.5 Å². The Kier molecular flexibility index (Phi) is 6.01. The van der Waals surface area contributed by atoms with Crippen molar-refractivity contribution in [1.29, 1.82) is 0 Å². The van der Waals surface area contributed by atoms with Crippen LogP contribution in [0.4, 0.5) is 11.4 Å². The monoisotopic (exact) mass is 376 g/mol. The number of carbonyl (C=O) groups excluding carboxylic acids is 3. The molecule has 6 heteroatoms. The minimum Gasteiger partial charge on any atom is -0.455 e. The lowest BCUT2D eigenvalue weighted by Gasteiger charge is -2.08. The Morgan fingerprint density at radius 2 is 1.46 bits per heavy atom. The fourth-order valence-corrected chi connectivity index (χ4v) is 2.75. The number of carbonyl (C=O) groups is 3. The number of hydrogen-bond acceptors (Lipinski definition) is 4. The van der Waals surface area contributed by atoms with Crippen LogP contribution in [0.5, 0.6) is 0 Å². The van der Waals surface area contributed by atoms with Gasteiger partial charge in [0.25, 0.3) is 5.91 Å². The lowest BCUT2D eigenvalue weighted by atomic mass is 10.1. The average Bonchev–Trinajstić information content (AvgIpc) is 2.67. The van der Waals surface area contributed by atoms with Gasteiger partial charge in [0.1, 0.15) is 0 Å². The summed E-state index contributed by atoms with van der Waals surface area (Å²) in [5, 5.41) is 7.43. The highest BCUT2D eigenvalue weighted by atomic mass is 16.5. The number of esters is 1. The topological polar surface area (TPSA) is 84.5 Å². The first-order chi connectivity index (χ1) is 13.5. The SMILES string of the molecule is CC(=O)Nc1ccc(NC(=O)COC(=O)Cc2ccc3ccccc3c2)cc1. The maximum atomic E-state index is 12.0. The van der Waals surface area contributed by atoms with Gasteiger partial charge in [0.05, 0.1) is 6.42 Å². The number of nitrogens with one attached hydrogen (secondary N) is 2. The minimum absolute atomic E-state index is 0.101. The third-order valence-corrected chi connectivity index (χ3v) is 4.02. The van der Waals surface area contributed by atoms with Crippen LogP contribution in [0.15, 0.2) is 66.7 Å². The fourth-order valence-electron chi connectivity index (χ4n) is 2.75. The lowest BCUT2D eigenvalue weighted by molar-refractivity contribution is -0.146. The number of rotatable bonds is 6. The Bertz CT molecular complexity index is 1010. The first-order valence-electron chi connectivity index (χ1n) is 8.80. The molecule has 0 aliphatic carbocycles. The van der Waals surface area contributed by atoms with Crippen LogP contribution in [0.25, 0.3) is 10.8 Å². The molecule has 0 aliphatic heterocycles. The number of anilines is 2. The molecule has 6 nitrogen and oxygen atoms in total. The van der Waals surface area contributed by atoms with Gasteiger partial charge in [-0.05, 0) is 40.6 Å². The summed E-state index contributed by atoms with van der Waals surface area (Å²) in [7, 11) is 0. The van der Waals surface area contributed by atoms with E-state index < -0.39 is 11.9 Å². The normalized spacial score (nSPS) is 10.3. The summed E-state index contributed by atoms with van der Waals surface area (Å²) < 4.78 is 5.06. The number of fused-ring (bicyclic) bond motifs is 1. The highest BCUT2D eigenvalue weighted by molar-refractivity contribution is 5.94. The van der Waals surface area contributed by atoms with E-state index in [-0.39, 0.29) is 18.9 Å². The van der Waals surface area contributed by atoms with E-state index in [1.54, 1.807) is 24.3 Å². The summed E-state index contributed by atoms with van der Waals surface area (Å²) in [6.45, 7) is 1.06. The Morgan fingerprint density at radius 1 is 0.821 bits per heavy atom. The molecule has 0 heterocycles. The predicted molar refractivity (Wildman–Crippen MR) is 108 cm³/mol. The Balaban J connectivity index is 1.48. The maximum absolute atomic E-state index is 12.0. The summed E-state index contributed by atoms with van der Waals surface area (Å²) in [6.07, 6.45) is 0.101. The van der Waals surface area contributed by atoms with Crippen LogP contribution in [0.3, 0.4) is 0 Å². The second-order valence-electron chi connectivity index (χ2n) is 6.33. The summed E-state index contributed by atoms with van der Waals surface area (Å²) in [5.74, 6) is -1.07. The molecule has 0 bridgehead atoms. The molecular weight excluding hydrogens is 356 g/mol. The molecule has 0 spiro atoms. The Labute approximate surface area is 162 Å². The Morgan fingerprint density at radius 3 is 2.14 bits per heavy atom. The highest BCUT2D eigenvalue weighted by Gasteiger charge is 2.09. The molecule has 0 fully saturated rings. The molecule has 0 radical (unpaired) electrons. The second kappa shape index (κ2) is 8.81. The van der Waals surface area contributed by atoms with Gasteiger partial charge in [0.2, 0.25) is 5.91 Å². The van der Waals surface area contributed by atoms with E-state index in [4.69, 9.17) is 4.74 Å². The van der Waals surface area contributed by atoms with Gasteiger partial charge in [-0.2, -0.15) is 0 Å². The number of benzene rings is 3. The summed E-state index contributed by atoms with van der Waals surface area (Å²) >= 11 is 0. The van der Waals surface area contributed by atoms with Crippen LogP contribution in [0, 0.1) is 0 Å². The smallest absolute Gasteiger partial charge is 0.310 e. The largest absolute Gasteiger partial charge is 0.455 e. The highest BCUT2D eigenvalue weighted by Crippen LogP contribution is 2.16. The molecule has 142 valence electrons. The molecule has 28 heavy (non-hydrogen) atoms. The lowest BCUT2D eigenvalue weighted by Crippen LogP contribution is -2.21. The van der Waals surface area contributed by atoms with Gasteiger partial charge in [-0.1, -0.05) is 42.5 Å². The van der Waals surface area contributed by atoms with E-state index in [9.17, 15) is 14.4 Å². The van der Waals surface area contributed by atoms with Crippen molar-refractivity contribution in [2.75, 3.05) is 17.2 Å². The van der Waals surface area contributed by atoms with Crippen molar-refractivity contribution in [2.45, 2.75) is 13.3 Å². The number of amides is 2.